The van der Waals surface area contributed by atoms with Gasteiger partial charge in [-0.2, -0.15) is 0 Å². The molecule has 2 rings (SSSR count). The number of nitrogens with two attached hydrogens (primary N) is 1. The Morgan fingerprint density at radius 3 is 1.90 bits per heavy atom. The van der Waals surface area contributed by atoms with Crippen molar-refractivity contribution in [3.8, 4) is 0 Å². The Bertz CT molecular complexity index is 1400. The summed E-state index contributed by atoms with van der Waals surface area (Å²) >= 11 is 0. The van der Waals surface area contributed by atoms with Gasteiger partial charge in [0.15, 0.2) is 6.10 Å². The zero-order chi connectivity index (χ0) is 43.0. The number of rotatable bonds is 38. The van der Waals surface area contributed by atoms with Crippen molar-refractivity contribution in [1.29, 1.82) is 0 Å². The van der Waals surface area contributed by atoms with Crippen LogP contribution < -0.4 is 5.73 Å². The molecule has 0 radical (unpaired) electrons. The number of phosphoric ester groups is 1. The fourth-order valence-electron chi connectivity index (χ4n) is 6.79. The smallest absolute Gasteiger partial charge is 0.466 e. The van der Waals surface area contributed by atoms with Gasteiger partial charge in [0.1, 0.15) is 18.1 Å². The second-order valence-corrected chi connectivity index (χ2v) is 17.3. The van der Waals surface area contributed by atoms with Gasteiger partial charge in [-0.05, 0) is 89.2 Å². The van der Waals surface area contributed by atoms with Crippen molar-refractivity contribution in [2.75, 3.05) is 26.4 Å². The molecule has 0 saturated carbocycles. The van der Waals surface area contributed by atoms with Crippen LogP contribution >= 0.6 is 7.82 Å². The van der Waals surface area contributed by atoms with E-state index in [2.05, 4.69) is 64.2 Å². The SMILES string of the molecule is CCCCC/C=C\C/C=C\CC1OC1C/C=C\CCCC(=O)OC[C@H](COP(=O)(O)OCCN)OC(=O)CCCCCCCCCCc1oc(CCCCC)c(C)c1C. The van der Waals surface area contributed by atoms with E-state index in [4.69, 9.17) is 33.4 Å². The summed E-state index contributed by atoms with van der Waals surface area (Å²) in [6, 6.07) is 0. The number of phosphoric acid groups is 1. The maximum Gasteiger partial charge on any atom is 0.472 e. The largest absolute Gasteiger partial charge is 0.472 e. The van der Waals surface area contributed by atoms with Gasteiger partial charge in [-0.3, -0.25) is 18.6 Å². The number of epoxide rings is 1. The molecule has 1 aliphatic heterocycles. The summed E-state index contributed by atoms with van der Waals surface area (Å²) in [4.78, 5) is 35.1. The highest BCUT2D eigenvalue weighted by Crippen LogP contribution is 2.43. The summed E-state index contributed by atoms with van der Waals surface area (Å²) in [5.74, 6) is 1.40. The first-order valence-corrected chi connectivity index (χ1v) is 24.4. The lowest BCUT2D eigenvalue weighted by molar-refractivity contribution is -0.161. The molecule has 4 atom stereocenters. The van der Waals surface area contributed by atoms with E-state index < -0.39 is 32.5 Å². The number of allylic oxidation sites excluding steroid dienone is 4. The lowest BCUT2D eigenvalue weighted by Gasteiger charge is -2.19. The molecule has 12 heteroatoms. The number of hydrogen-bond acceptors (Lipinski definition) is 10. The molecule has 338 valence electrons. The molecule has 0 spiro atoms. The van der Waals surface area contributed by atoms with Crippen LogP contribution in [0.15, 0.2) is 40.9 Å². The molecule has 1 aliphatic rings. The van der Waals surface area contributed by atoms with Crippen LogP contribution in [0.5, 0.6) is 0 Å². The van der Waals surface area contributed by atoms with Gasteiger partial charge < -0.3 is 29.3 Å². The number of ether oxygens (including phenoxy) is 3. The third-order valence-electron chi connectivity index (χ3n) is 10.6. The summed E-state index contributed by atoms with van der Waals surface area (Å²) in [5.41, 5.74) is 8.00. The first-order valence-electron chi connectivity index (χ1n) is 22.9. The van der Waals surface area contributed by atoms with E-state index >= 15 is 0 Å². The van der Waals surface area contributed by atoms with E-state index in [9.17, 15) is 19.0 Å². The average molecular weight is 850 g/mol. The van der Waals surface area contributed by atoms with Gasteiger partial charge in [0, 0.05) is 32.2 Å². The second-order valence-electron chi connectivity index (χ2n) is 15.9. The molecule has 0 aromatic carbocycles. The van der Waals surface area contributed by atoms with E-state index in [1.54, 1.807) is 0 Å². The van der Waals surface area contributed by atoms with Gasteiger partial charge in [-0.25, -0.2) is 4.57 Å². The van der Waals surface area contributed by atoms with Gasteiger partial charge in [-0.15, -0.1) is 0 Å². The Labute approximate surface area is 356 Å². The number of furan rings is 1. The maximum absolute atomic E-state index is 12.7. The maximum atomic E-state index is 12.7. The zero-order valence-corrected chi connectivity index (χ0v) is 38.0. The van der Waals surface area contributed by atoms with Crippen LogP contribution in [0.25, 0.3) is 0 Å². The molecule has 3 N–H and O–H groups in total. The molecule has 1 aromatic heterocycles. The van der Waals surface area contributed by atoms with Gasteiger partial charge in [0.05, 0.1) is 25.4 Å². The first-order chi connectivity index (χ1) is 28.6. The van der Waals surface area contributed by atoms with Gasteiger partial charge in [0.2, 0.25) is 0 Å². The molecule has 0 aliphatic carbocycles. The summed E-state index contributed by atoms with van der Waals surface area (Å²) < 4.78 is 44.8. The third kappa shape index (κ3) is 26.4. The Morgan fingerprint density at radius 2 is 1.24 bits per heavy atom. The van der Waals surface area contributed by atoms with Crippen molar-refractivity contribution in [3.63, 3.8) is 0 Å². The van der Waals surface area contributed by atoms with E-state index in [1.807, 2.05) is 0 Å². The highest BCUT2D eigenvalue weighted by molar-refractivity contribution is 7.47. The fraction of sp³-hybridized carbons (Fsp3) is 0.745. The van der Waals surface area contributed by atoms with Gasteiger partial charge in [0.25, 0.3) is 0 Å². The van der Waals surface area contributed by atoms with Crippen LogP contribution in [0, 0.1) is 13.8 Å². The third-order valence-corrected chi connectivity index (χ3v) is 11.6. The van der Waals surface area contributed by atoms with Gasteiger partial charge >= 0.3 is 19.8 Å². The number of hydrogen-bond donors (Lipinski definition) is 2. The lowest BCUT2D eigenvalue weighted by atomic mass is 10.0. The molecule has 0 bridgehead atoms. The van der Waals surface area contributed by atoms with Crippen molar-refractivity contribution in [2.24, 2.45) is 5.73 Å². The minimum absolute atomic E-state index is 0.0361. The van der Waals surface area contributed by atoms with Gasteiger partial charge in [-0.1, -0.05) is 115 Å². The van der Waals surface area contributed by atoms with Crippen molar-refractivity contribution in [2.45, 2.75) is 200 Å². The standard InChI is InChI=1S/C47H80NO10P/c1-5-7-9-10-11-12-16-19-25-31-44-45(58-44)32-26-21-22-27-33-46(49)53-37-41(38-55-59(51,52)54-36-35-48)56-47(50)34-28-20-17-14-13-15-18-24-30-43-40(4)39(3)42(57-43)29-23-8-6-2/h11-12,19,21,25-26,41,44-45H,5-10,13-18,20,22-24,27-38,48H2,1-4H3,(H,51,52)/b12-11-,25-19-,26-21-/t41-,44?,45?/m1/s1. The Balaban J connectivity index is 1.59. The molecular weight excluding hydrogens is 769 g/mol. The fourth-order valence-corrected chi connectivity index (χ4v) is 7.55. The lowest BCUT2D eigenvalue weighted by Crippen LogP contribution is -2.29. The Kier molecular flexibility index (Phi) is 29.6. The first kappa shape index (κ1) is 52.6. The molecule has 1 fully saturated rings. The molecule has 59 heavy (non-hydrogen) atoms. The van der Waals surface area contributed by atoms with Crippen LogP contribution in [-0.4, -0.2) is 61.5 Å². The molecule has 2 heterocycles. The van der Waals surface area contributed by atoms with E-state index in [0.717, 1.165) is 82.8 Å². The molecule has 1 saturated heterocycles. The van der Waals surface area contributed by atoms with Crippen LogP contribution in [-0.2, 0) is 50.3 Å². The molecule has 11 nitrogen and oxygen atoms in total. The van der Waals surface area contributed by atoms with Crippen LogP contribution in [0.1, 0.15) is 178 Å². The predicted octanol–water partition coefficient (Wildman–Crippen LogP) is 11.6. The minimum atomic E-state index is -4.41. The highest BCUT2D eigenvalue weighted by atomic mass is 31.2. The topological polar surface area (TPSA) is 160 Å². The van der Waals surface area contributed by atoms with Crippen molar-refractivity contribution in [1.82, 2.24) is 0 Å². The molecular formula is C47H80NO10P. The number of esters is 2. The van der Waals surface area contributed by atoms with Crippen LogP contribution in [0.4, 0.5) is 0 Å². The van der Waals surface area contributed by atoms with Crippen LogP contribution in [0.3, 0.4) is 0 Å². The van der Waals surface area contributed by atoms with Crippen molar-refractivity contribution < 1.29 is 46.7 Å². The molecule has 1 aromatic rings. The molecule has 3 unspecified atom stereocenters. The second kappa shape index (κ2) is 33.1. The van der Waals surface area contributed by atoms with Crippen LogP contribution in [0.2, 0.25) is 0 Å². The summed E-state index contributed by atoms with van der Waals surface area (Å²) in [6.45, 7) is 7.92. The highest BCUT2D eigenvalue weighted by Gasteiger charge is 2.36. The molecule has 0 amide bonds. The summed E-state index contributed by atoms with van der Waals surface area (Å²) in [5, 5.41) is 0. The summed E-state index contributed by atoms with van der Waals surface area (Å²) in [7, 11) is -4.41. The number of carbonyl (C=O) groups is 2. The number of carbonyl (C=O) groups excluding carboxylic acids is 2. The normalized spacial score (nSPS) is 17.0. The van der Waals surface area contributed by atoms with E-state index in [0.29, 0.717) is 12.8 Å². The quantitative estimate of drug-likeness (QED) is 0.0214. The van der Waals surface area contributed by atoms with Crippen molar-refractivity contribution in [3.05, 3.63) is 59.1 Å². The van der Waals surface area contributed by atoms with Crippen molar-refractivity contribution >= 4 is 19.8 Å². The predicted molar refractivity (Wildman–Crippen MR) is 236 cm³/mol. The summed E-state index contributed by atoms with van der Waals surface area (Å²) in [6.07, 6.45) is 36.0. The average Bonchev–Trinajstić information content (AvgIpc) is 3.92. The Hall–Kier alpha value is -2.53. The van der Waals surface area contributed by atoms with E-state index in [1.165, 1.54) is 68.3 Å². The minimum Gasteiger partial charge on any atom is -0.466 e. The zero-order valence-electron chi connectivity index (χ0n) is 37.1. The number of aryl methyl sites for hydroxylation is 2. The van der Waals surface area contributed by atoms with E-state index in [-0.39, 0.29) is 44.8 Å². The monoisotopic (exact) mass is 850 g/mol. The number of unbranched alkanes of at least 4 members (excludes halogenated alkanes) is 13. The Morgan fingerprint density at radius 1 is 0.695 bits per heavy atom.